The number of rotatable bonds is 5. The van der Waals surface area contributed by atoms with Gasteiger partial charge in [0.15, 0.2) is 0 Å². The molecule has 0 N–H and O–H groups in total. The molecule has 0 aliphatic heterocycles. The minimum atomic E-state index is -0.0624. The van der Waals surface area contributed by atoms with Crippen molar-refractivity contribution in [3.63, 3.8) is 0 Å². The molecule has 0 radical (unpaired) electrons. The lowest BCUT2D eigenvalue weighted by atomic mass is 10.2. The fourth-order valence-electron chi connectivity index (χ4n) is 1.42. The Balaban J connectivity index is 2.77. The molecule has 0 aliphatic rings. The molecule has 0 unspecified atom stereocenters. The number of hydrogen-bond donors (Lipinski definition) is 0. The number of benzene rings is 1. The zero-order chi connectivity index (χ0) is 12.7. The average molecular weight is 294 g/mol. The van der Waals surface area contributed by atoms with E-state index >= 15 is 0 Å². The molecule has 0 aliphatic carbocycles. The lowest BCUT2D eigenvalue weighted by Gasteiger charge is -2.21. The van der Waals surface area contributed by atoms with Crippen LogP contribution in [0.3, 0.4) is 0 Å². The molecule has 1 aromatic carbocycles. The van der Waals surface area contributed by atoms with Gasteiger partial charge in [0.1, 0.15) is 0 Å². The average Bonchev–Trinajstić information content (AvgIpc) is 2.38. The zero-order valence-corrected chi connectivity index (χ0v) is 11.5. The number of hydrogen-bond acceptors (Lipinski definition) is 1. The maximum Gasteiger partial charge on any atom is 0.246 e. The Hall–Kier alpha value is -1.35. The quantitative estimate of drug-likeness (QED) is 0.761. The molecule has 0 saturated carbocycles. The number of carbonyl (C=O) groups excluding carboxylic acids is 1. The summed E-state index contributed by atoms with van der Waals surface area (Å²) in [6, 6.07) is 9.91. The Bertz CT molecular complexity index is 411. The summed E-state index contributed by atoms with van der Waals surface area (Å²) in [5.41, 5.74) is 1.11. The Kier molecular flexibility index (Phi) is 5.70. The molecule has 17 heavy (non-hydrogen) atoms. The third kappa shape index (κ3) is 4.57. The fraction of sp³-hybridized carbons (Fsp3) is 0.214. The van der Waals surface area contributed by atoms with Crippen LogP contribution in [0.4, 0.5) is 0 Å². The normalized spacial score (nSPS) is 11.1. The Morgan fingerprint density at radius 3 is 2.59 bits per heavy atom. The first-order valence-corrected chi connectivity index (χ1v) is 6.22. The van der Waals surface area contributed by atoms with E-state index in [4.69, 9.17) is 0 Å². The smallest absolute Gasteiger partial charge is 0.246 e. The summed E-state index contributed by atoms with van der Waals surface area (Å²) in [6.07, 6.45) is 3.28. The minimum absolute atomic E-state index is 0.0624. The van der Waals surface area contributed by atoms with E-state index in [0.717, 1.165) is 10.0 Å². The molecule has 1 amide bonds. The molecular weight excluding hydrogens is 278 g/mol. The lowest BCUT2D eigenvalue weighted by molar-refractivity contribution is -0.126. The maximum atomic E-state index is 11.7. The van der Waals surface area contributed by atoms with Gasteiger partial charge in [-0.3, -0.25) is 4.79 Å². The van der Waals surface area contributed by atoms with E-state index in [0.29, 0.717) is 13.1 Å². The van der Waals surface area contributed by atoms with E-state index in [2.05, 4.69) is 22.5 Å². The second-order valence-corrected chi connectivity index (χ2v) is 4.64. The van der Waals surface area contributed by atoms with E-state index in [9.17, 15) is 4.79 Å². The maximum absolute atomic E-state index is 11.7. The summed E-state index contributed by atoms with van der Waals surface area (Å²) in [7, 11) is 0. The first kappa shape index (κ1) is 13.7. The SMILES string of the molecule is C=CC(=O)N(C/C(Br)=C\C)Cc1ccccc1. The molecule has 0 spiro atoms. The molecular formula is C14H16BrNO. The van der Waals surface area contributed by atoms with E-state index in [1.165, 1.54) is 6.08 Å². The van der Waals surface area contributed by atoms with Crippen molar-refractivity contribution < 1.29 is 4.79 Å². The molecule has 0 heterocycles. The number of nitrogens with zero attached hydrogens (tertiary/aromatic N) is 1. The van der Waals surface area contributed by atoms with Crippen molar-refractivity contribution in [1.82, 2.24) is 4.90 Å². The zero-order valence-electron chi connectivity index (χ0n) is 9.90. The van der Waals surface area contributed by atoms with Gasteiger partial charge in [0, 0.05) is 11.0 Å². The van der Waals surface area contributed by atoms with Crippen LogP contribution in [0.25, 0.3) is 0 Å². The highest BCUT2D eigenvalue weighted by atomic mass is 79.9. The van der Waals surface area contributed by atoms with Gasteiger partial charge in [0.05, 0.1) is 6.54 Å². The summed E-state index contributed by atoms with van der Waals surface area (Å²) < 4.78 is 0.989. The Morgan fingerprint density at radius 2 is 2.06 bits per heavy atom. The molecule has 3 heteroatoms. The van der Waals surface area contributed by atoms with Gasteiger partial charge < -0.3 is 4.90 Å². The number of carbonyl (C=O) groups is 1. The van der Waals surface area contributed by atoms with Gasteiger partial charge in [-0.25, -0.2) is 0 Å². The summed E-state index contributed by atoms with van der Waals surface area (Å²) in [5.74, 6) is -0.0624. The van der Waals surface area contributed by atoms with Crippen LogP contribution in [0.2, 0.25) is 0 Å². The highest BCUT2D eigenvalue weighted by Gasteiger charge is 2.11. The van der Waals surface area contributed by atoms with E-state index in [-0.39, 0.29) is 5.91 Å². The second kappa shape index (κ2) is 7.07. The van der Waals surface area contributed by atoms with Gasteiger partial charge in [-0.15, -0.1) is 0 Å². The summed E-state index contributed by atoms with van der Waals surface area (Å²) in [6.45, 7) is 6.62. The van der Waals surface area contributed by atoms with Crippen LogP contribution < -0.4 is 0 Å². The fourth-order valence-corrected chi connectivity index (χ4v) is 1.72. The van der Waals surface area contributed by atoms with Gasteiger partial charge in [-0.1, -0.05) is 58.9 Å². The van der Waals surface area contributed by atoms with Gasteiger partial charge in [-0.2, -0.15) is 0 Å². The van der Waals surface area contributed by atoms with Gasteiger partial charge in [0.25, 0.3) is 0 Å². The number of allylic oxidation sites excluding steroid dienone is 1. The topological polar surface area (TPSA) is 20.3 Å². The first-order valence-electron chi connectivity index (χ1n) is 5.43. The van der Waals surface area contributed by atoms with Crippen molar-refractivity contribution in [3.8, 4) is 0 Å². The number of amides is 1. The van der Waals surface area contributed by atoms with E-state index < -0.39 is 0 Å². The van der Waals surface area contributed by atoms with Gasteiger partial charge in [-0.05, 0) is 18.6 Å². The first-order chi connectivity index (χ1) is 8.17. The molecule has 1 rings (SSSR count). The molecule has 0 bridgehead atoms. The van der Waals surface area contributed by atoms with Crippen molar-refractivity contribution in [2.75, 3.05) is 6.54 Å². The molecule has 0 aromatic heterocycles. The predicted molar refractivity (Wildman–Crippen MR) is 74.7 cm³/mol. The lowest BCUT2D eigenvalue weighted by Crippen LogP contribution is -2.30. The molecule has 0 atom stereocenters. The van der Waals surface area contributed by atoms with Crippen molar-refractivity contribution in [1.29, 1.82) is 0 Å². The summed E-state index contributed by atoms with van der Waals surface area (Å²) >= 11 is 3.42. The predicted octanol–water partition coefficient (Wildman–Crippen LogP) is 3.50. The van der Waals surface area contributed by atoms with Crippen molar-refractivity contribution in [2.45, 2.75) is 13.5 Å². The molecule has 2 nitrogen and oxygen atoms in total. The van der Waals surface area contributed by atoms with Gasteiger partial charge >= 0.3 is 0 Å². The third-order valence-corrected chi connectivity index (χ3v) is 3.07. The summed E-state index contributed by atoms with van der Waals surface area (Å²) in [5, 5.41) is 0. The second-order valence-electron chi connectivity index (χ2n) is 3.62. The van der Waals surface area contributed by atoms with Crippen LogP contribution in [0.5, 0.6) is 0 Å². The van der Waals surface area contributed by atoms with Crippen LogP contribution in [0.15, 0.2) is 53.5 Å². The van der Waals surface area contributed by atoms with E-state index in [1.807, 2.05) is 43.3 Å². The standard InChI is InChI=1S/C14H16BrNO/c1-3-13(15)11-16(14(17)4-2)10-12-8-6-5-7-9-12/h3-9H,2,10-11H2,1H3/b13-3+. The molecule has 90 valence electrons. The van der Waals surface area contributed by atoms with Crippen LogP contribution in [0.1, 0.15) is 12.5 Å². The monoisotopic (exact) mass is 293 g/mol. The van der Waals surface area contributed by atoms with Crippen molar-refractivity contribution >= 4 is 21.8 Å². The third-order valence-electron chi connectivity index (χ3n) is 2.36. The van der Waals surface area contributed by atoms with Gasteiger partial charge in [0.2, 0.25) is 5.91 Å². The highest BCUT2D eigenvalue weighted by molar-refractivity contribution is 9.11. The molecule has 0 fully saturated rings. The molecule has 1 aromatic rings. The van der Waals surface area contributed by atoms with Crippen molar-refractivity contribution in [2.24, 2.45) is 0 Å². The van der Waals surface area contributed by atoms with Crippen LogP contribution in [0, 0.1) is 0 Å². The van der Waals surface area contributed by atoms with Crippen LogP contribution in [-0.4, -0.2) is 17.4 Å². The highest BCUT2D eigenvalue weighted by Crippen LogP contribution is 2.11. The Morgan fingerprint density at radius 1 is 1.41 bits per heavy atom. The van der Waals surface area contributed by atoms with E-state index in [1.54, 1.807) is 4.90 Å². The van der Waals surface area contributed by atoms with Crippen LogP contribution >= 0.6 is 15.9 Å². The minimum Gasteiger partial charge on any atom is -0.330 e. The molecule has 0 saturated heterocycles. The Labute approximate surface area is 111 Å². The largest absolute Gasteiger partial charge is 0.330 e. The summed E-state index contributed by atoms with van der Waals surface area (Å²) in [4.78, 5) is 13.5. The number of halogens is 1. The van der Waals surface area contributed by atoms with Crippen LogP contribution in [-0.2, 0) is 11.3 Å². The van der Waals surface area contributed by atoms with Crippen molar-refractivity contribution in [3.05, 3.63) is 59.1 Å².